The normalized spacial score (nSPS) is 11.3. The zero-order valence-electron chi connectivity index (χ0n) is 17.1. The van der Waals surface area contributed by atoms with Crippen LogP contribution in [-0.4, -0.2) is 35.6 Å². The highest BCUT2D eigenvalue weighted by atomic mass is 16.5. The van der Waals surface area contributed by atoms with Crippen molar-refractivity contribution in [1.82, 2.24) is 14.7 Å². The second-order valence-electron chi connectivity index (χ2n) is 7.19. The molecule has 0 fully saturated rings. The molecule has 0 aliphatic rings. The van der Waals surface area contributed by atoms with Gasteiger partial charge in [0.1, 0.15) is 5.65 Å². The summed E-state index contributed by atoms with van der Waals surface area (Å²) in [4.78, 5) is 16.6. The Kier molecular flexibility index (Phi) is 6.89. The molecule has 0 unspecified atom stereocenters. The van der Waals surface area contributed by atoms with E-state index in [-0.39, 0.29) is 5.91 Å². The van der Waals surface area contributed by atoms with Gasteiger partial charge in [0, 0.05) is 31.4 Å². The van der Waals surface area contributed by atoms with E-state index in [1.165, 1.54) is 6.08 Å². The van der Waals surface area contributed by atoms with Crippen molar-refractivity contribution in [3.8, 4) is 11.5 Å². The van der Waals surface area contributed by atoms with Crippen molar-refractivity contribution in [3.05, 3.63) is 66.1 Å². The van der Waals surface area contributed by atoms with E-state index in [2.05, 4.69) is 24.1 Å². The number of benzene rings is 1. The number of carbonyl (C=O) groups is 1. The van der Waals surface area contributed by atoms with Gasteiger partial charge in [0.25, 0.3) is 0 Å². The molecule has 2 heterocycles. The van der Waals surface area contributed by atoms with Gasteiger partial charge in [-0.2, -0.15) is 0 Å². The lowest BCUT2D eigenvalue weighted by molar-refractivity contribution is -0.116. The number of methoxy groups -OCH3 is 1. The lowest BCUT2D eigenvalue weighted by Gasteiger charge is -2.12. The van der Waals surface area contributed by atoms with Crippen molar-refractivity contribution < 1.29 is 14.3 Å². The molecule has 0 saturated heterocycles. The highest BCUT2D eigenvalue weighted by molar-refractivity contribution is 5.91. The van der Waals surface area contributed by atoms with Crippen LogP contribution in [0.1, 0.15) is 25.1 Å². The zero-order chi connectivity index (χ0) is 20.6. The lowest BCUT2D eigenvalue weighted by atomic mass is 10.2. The molecule has 0 spiro atoms. The Morgan fingerprint density at radius 3 is 2.86 bits per heavy atom. The molecule has 0 aliphatic heterocycles. The van der Waals surface area contributed by atoms with Crippen LogP contribution < -0.4 is 14.8 Å². The SMILES string of the molecule is COc1cc(/C=C/C(=O)NCCc2cn3ccccc3n2)ccc1OCC(C)C. The van der Waals surface area contributed by atoms with Gasteiger partial charge in [-0.3, -0.25) is 4.79 Å². The molecule has 1 aromatic carbocycles. The van der Waals surface area contributed by atoms with Gasteiger partial charge >= 0.3 is 0 Å². The topological polar surface area (TPSA) is 64.9 Å². The average molecular weight is 393 g/mol. The largest absolute Gasteiger partial charge is 0.493 e. The molecule has 152 valence electrons. The van der Waals surface area contributed by atoms with E-state index in [9.17, 15) is 4.79 Å². The summed E-state index contributed by atoms with van der Waals surface area (Å²) in [6, 6.07) is 11.5. The fourth-order valence-corrected chi connectivity index (χ4v) is 2.82. The number of carbonyl (C=O) groups excluding carboxylic acids is 1. The number of pyridine rings is 1. The smallest absolute Gasteiger partial charge is 0.244 e. The molecule has 6 heteroatoms. The van der Waals surface area contributed by atoms with Crippen molar-refractivity contribution in [2.75, 3.05) is 20.3 Å². The highest BCUT2D eigenvalue weighted by Crippen LogP contribution is 2.28. The number of amides is 1. The van der Waals surface area contributed by atoms with Crippen molar-refractivity contribution in [2.24, 2.45) is 5.92 Å². The number of imidazole rings is 1. The van der Waals surface area contributed by atoms with Crippen LogP contribution in [0.5, 0.6) is 11.5 Å². The summed E-state index contributed by atoms with van der Waals surface area (Å²) in [5, 5.41) is 2.89. The monoisotopic (exact) mass is 393 g/mol. The van der Waals surface area contributed by atoms with Gasteiger partial charge in [-0.15, -0.1) is 0 Å². The third kappa shape index (κ3) is 5.85. The maximum absolute atomic E-state index is 12.1. The molecule has 3 rings (SSSR count). The minimum absolute atomic E-state index is 0.145. The highest BCUT2D eigenvalue weighted by Gasteiger charge is 2.06. The van der Waals surface area contributed by atoms with Gasteiger partial charge in [0.15, 0.2) is 11.5 Å². The molecule has 1 N–H and O–H groups in total. The first-order chi connectivity index (χ1) is 14.0. The molecular weight excluding hydrogens is 366 g/mol. The number of rotatable bonds is 9. The molecule has 6 nitrogen and oxygen atoms in total. The lowest BCUT2D eigenvalue weighted by Crippen LogP contribution is -2.23. The van der Waals surface area contributed by atoms with Crippen LogP contribution in [0.2, 0.25) is 0 Å². The van der Waals surface area contributed by atoms with E-state index >= 15 is 0 Å². The molecule has 3 aromatic rings. The van der Waals surface area contributed by atoms with Gasteiger partial charge in [0.05, 0.1) is 19.4 Å². The summed E-state index contributed by atoms with van der Waals surface area (Å²) in [6.45, 7) is 5.34. The Morgan fingerprint density at radius 1 is 1.24 bits per heavy atom. The molecule has 0 radical (unpaired) electrons. The molecule has 29 heavy (non-hydrogen) atoms. The van der Waals surface area contributed by atoms with Crippen LogP contribution in [0.3, 0.4) is 0 Å². The van der Waals surface area contributed by atoms with E-state index in [1.807, 2.05) is 53.2 Å². The fraction of sp³-hybridized carbons (Fsp3) is 0.304. The predicted octanol–water partition coefficient (Wildman–Crippen LogP) is 3.75. The Bertz CT molecular complexity index is 959. The number of hydrogen-bond donors (Lipinski definition) is 1. The van der Waals surface area contributed by atoms with E-state index in [1.54, 1.807) is 13.2 Å². The molecule has 0 bridgehead atoms. The summed E-state index contributed by atoms with van der Waals surface area (Å²) >= 11 is 0. The predicted molar refractivity (Wildman–Crippen MR) is 114 cm³/mol. The number of aromatic nitrogens is 2. The summed E-state index contributed by atoms with van der Waals surface area (Å²) in [7, 11) is 1.61. The van der Waals surface area contributed by atoms with Crippen molar-refractivity contribution in [1.29, 1.82) is 0 Å². The zero-order valence-corrected chi connectivity index (χ0v) is 17.1. The van der Waals surface area contributed by atoms with Crippen molar-refractivity contribution >= 4 is 17.6 Å². The van der Waals surface area contributed by atoms with Gasteiger partial charge in [0.2, 0.25) is 5.91 Å². The average Bonchev–Trinajstić information content (AvgIpc) is 3.13. The summed E-state index contributed by atoms with van der Waals surface area (Å²) in [5.74, 6) is 1.65. The van der Waals surface area contributed by atoms with Gasteiger partial charge < -0.3 is 19.2 Å². The molecule has 0 atom stereocenters. The number of fused-ring (bicyclic) bond motifs is 1. The Hall–Kier alpha value is -3.28. The first-order valence-electron chi connectivity index (χ1n) is 9.74. The molecular formula is C23H27N3O3. The van der Waals surface area contributed by atoms with E-state index in [0.29, 0.717) is 37.0 Å². The summed E-state index contributed by atoms with van der Waals surface area (Å²) < 4.78 is 13.1. The van der Waals surface area contributed by atoms with Crippen LogP contribution in [0.25, 0.3) is 11.7 Å². The Balaban J connectivity index is 1.51. The van der Waals surface area contributed by atoms with Crippen LogP contribution in [0, 0.1) is 5.92 Å². The second-order valence-corrected chi connectivity index (χ2v) is 7.19. The first kappa shape index (κ1) is 20.5. The molecule has 0 saturated carbocycles. The summed E-state index contributed by atoms with van der Waals surface area (Å²) in [5.41, 5.74) is 2.72. The first-order valence-corrected chi connectivity index (χ1v) is 9.74. The minimum atomic E-state index is -0.145. The number of nitrogens with one attached hydrogen (secondary N) is 1. The van der Waals surface area contributed by atoms with Crippen LogP contribution in [0.4, 0.5) is 0 Å². The third-order valence-electron chi connectivity index (χ3n) is 4.28. The molecule has 1 amide bonds. The van der Waals surface area contributed by atoms with Gasteiger partial charge in [-0.25, -0.2) is 4.98 Å². The van der Waals surface area contributed by atoms with E-state index < -0.39 is 0 Å². The van der Waals surface area contributed by atoms with E-state index in [0.717, 1.165) is 16.9 Å². The van der Waals surface area contributed by atoms with Gasteiger partial charge in [-0.1, -0.05) is 26.0 Å². The number of nitrogens with zero attached hydrogens (tertiary/aromatic N) is 2. The Morgan fingerprint density at radius 2 is 2.10 bits per heavy atom. The van der Waals surface area contributed by atoms with Crippen LogP contribution >= 0.6 is 0 Å². The van der Waals surface area contributed by atoms with Crippen molar-refractivity contribution in [3.63, 3.8) is 0 Å². The Labute approximate surface area is 171 Å². The maximum atomic E-state index is 12.1. The molecule has 0 aliphatic carbocycles. The minimum Gasteiger partial charge on any atom is -0.493 e. The second kappa shape index (κ2) is 9.78. The quantitative estimate of drug-likeness (QED) is 0.563. The fourth-order valence-electron chi connectivity index (χ4n) is 2.82. The summed E-state index contributed by atoms with van der Waals surface area (Å²) in [6.07, 6.45) is 7.89. The van der Waals surface area contributed by atoms with Crippen molar-refractivity contribution in [2.45, 2.75) is 20.3 Å². The van der Waals surface area contributed by atoms with Gasteiger partial charge in [-0.05, 0) is 41.8 Å². The molecule has 2 aromatic heterocycles. The third-order valence-corrected chi connectivity index (χ3v) is 4.28. The maximum Gasteiger partial charge on any atom is 0.244 e. The number of ether oxygens (including phenoxy) is 2. The van der Waals surface area contributed by atoms with Crippen LogP contribution in [0.15, 0.2) is 54.9 Å². The van der Waals surface area contributed by atoms with Crippen LogP contribution in [-0.2, 0) is 11.2 Å². The number of hydrogen-bond acceptors (Lipinski definition) is 4. The standard InChI is InChI=1S/C23H27N3O3/c1-17(2)16-29-20-9-7-18(14-21(20)28-3)8-10-23(27)24-12-11-19-15-26-13-5-4-6-22(26)25-19/h4-10,13-15,17H,11-12,16H2,1-3H3,(H,24,27)/b10-8+. The van der Waals surface area contributed by atoms with E-state index in [4.69, 9.17) is 9.47 Å².